The van der Waals surface area contributed by atoms with E-state index >= 15 is 0 Å². The third-order valence-electron chi connectivity index (χ3n) is 3.43. The molecule has 132 valence electrons. The average molecular weight is 389 g/mol. The predicted molar refractivity (Wildman–Crippen MR) is 86.2 cm³/mol. The molecule has 3 aromatic heterocycles. The highest BCUT2D eigenvalue weighted by Gasteiger charge is 2.32. The van der Waals surface area contributed by atoms with Crippen LogP contribution in [0.1, 0.15) is 12.5 Å². The van der Waals surface area contributed by atoms with Gasteiger partial charge in [-0.25, -0.2) is 18.4 Å². The Balaban J connectivity index is 2.26. The van der Waals surface area contributed by atoms with E-state index in [4.69, 9.17) is 0 Å². The molecule has 0 radical (unpaired) electrons. The van der Waals surface area contributed by atoms with Crippen LogP contribution in [0.2, 0.25) is 0 Å². The van der Waals surface area contributed by atoms with Gasteiger partial charge in [-0.3, -0.25) is 4.79 Å². The number of aromatic nitrogens is 3. The second-order valence-corrected chi connectivity index (χ2v) is 8.24. The molecule has 0 aliphatic carbocycles. The largest absolute Gasteiger partial charge is 0.417 e. The van der Waals surface area contributed by atoms with Crippen LogP contribution in [0.15, 0.2) is 34.2 Å². The number of pyridine rings is 2. The molecule has 0 aliphatic heterocycles. The van der Waals surface area contributed by atoms with Gasteiger partial charge >= 0.3 is 6.18 Å². The van der Waals surface area contributed by atoms with E-state index in [-0.39, 0.29) is 31.6 Å². The Morgan fingerprint density at radius 3 is 2.68 bits per heavy atom. The van der Waals surface area contributed by atoms with Crippen molar-refractivity contribution >= 4 is 31.5 Å². The van der Waals surface area contributed by atoms with E-state index in [2.05, 4.69) is 15.0 Å². The number of rotatable bonds is 3. The van der Waals surface area contributed by atoms with E-state index in [0.29, 0.717) is 6.20 Å². The van der Waals surface area contributed by atoms with Crippen LogP contribution in [0.5, 0.6) is 0 Å². The maximum absolute atomic E-state index is 12.8. The smallest absolute Gasteiger partial charge is 0.328 e. The number of nitrogens with one attached hydrogen (secondary N) is 1. The summed E-state index contributed by atoms with van der Waals surface area (Å²) in [5.74, 6) is -0.231. The van der Waals surface area contributed by atoms with Crippen molar-refractivity contribution in [3.8, 4) is 10.6 Å². The van der Waals surface area contributed by atoms with Crippen LogP contribution >= 0.6 is 11.3 Å². The number of hydrogen-bond donors (Lipinski definition) is 1. The summed E-state index contributed by atoms with van der Waals surface area (Å²) >= 11 is 0.851. The van der Waals surface area contributed by atoms with Gasteiger partial charge in [-0.2, -0.15) is 13.2 Å². The van der Waals surface area contributed by atoms with Gasteiger partial charge in [0.25, 0.3) is 5.56 Å². The SMILES string of the molecule is CCS(=O)(=O)c1cc[nH]c(=O)c1-c1nc2cc(C(F)(F)F)cnc2s1. The zero-order valence-electron chi connectivity index (χ0n) is 12.6. The standard InChI is InChI=1S/C14H10F3N3O3S2/c1-2-25(22,23)9-3-4-18-11(21)10(9)13-20-8-5-7(14(15,16)17)6-19-12(8)24-13/h3-6H,2H2,1H3,(H,18,21). The molecule has 25 heavy (non-hydrogen) atoms. The van der Waals surface area contributed by atoms with Gasteiger partial charge in [-0.1, -0.05) is 18.3 Å². The van der Waals surface area contributed by atoms with E-state index in [0.717, 1.165) is 17.4 Å². The van der Waals surface area contributed by atoms with Gasteiger partial charge in [0.1, 0.15) is 15.4 Å². The summed E-state index contributed by atoms with van der Waals surface area (Å²) in [6.45, 7) is 1.43. The van der Waals surface area contributed by atoms with Crippen molar-refractivity contribution in [2.24, 2.45) is 0 Å². The van der Waals surface area contributed by atoms with Crippen LogP contribution in [0.25, 0.3) is 20.9 Å². The highest BCUT2D eigenvalue weighted by atomic mass is 32.2. The van der Waals surface area contributed by atoms with Crippen molar-refractivity contribution in [1.29, 1.82) is 0 Å². The minimum atomic E-state index is -4.58. The minimum absolute atomic E-state index is 0.00398. The fraction of sp³-hybridized carbons (Fsp3) is 0.214. The zero-order valence-corrected chi connectivity index (χ0v) is 14.2. The Morgan fingerprint density at radius 1 is 1.32 bits per heavy atom. The molecule has 0 amide bonds. The summed E-state index contributed by atoms with van der Waals surface area (Å²) in [5.41, 5.74) is -1.91. The van der Waals surface area contributed by atoms with Crippen molar-refractivity contribution < 1.29 is 21.6 Å². The van der Waals surface area contributed by atoms with Crippen molar-refractivity contribution in [3.63, 3.8) is 0 Å². The lowest BCUT2D eigenvalue weighted by Gasteiger charge is -2.05. The monoisotopic (exact) mass is 389 g/mol. The third kappa shape index (κ3) is 3.16. The molecule has 11 heteroatoms. The lowest BCUT2D eigenvalue weighted by molar-refractivity contribution is -0.137. The van der Waals surface area contributed by atoms with Crippen LogP contribution in [-0.4, -0.2) is 29.1 Å². The first kappa shape index (κ1) is 17.5. The van der Waals surface area contributed by atoms with Crippen molar-refractivity contribution in [2.75, 3.05) is 5.75 Å². The van der Waals surface area contributed by atoms with Gasteiger partial charge < -0.3 is 4.98 Å². The second-order valence-electron chi connectivity index (χ2n) is 5.01. The first-order valence-electron chi connectivity index (χ1n) is 6.92. The Kier molecular flexibility index (Phi) is 4.15. The Morgan fingerprint density at radius 2 is 2.04 bits per heavy atom. The lowest BCUT2D eigenvalue weighted by atomic mass is 10.2. The molecule has 0 spiro atoms. The molecular formula is C14H10F3N3O3S2. The van der Waals surface area contributed by atoms with E-state index in [9.17, 15) is 26.4 Å². The first-order valence-corrected chi connectivity index (χ1v) is 9.39. The van der Waals surface area contributed by atoms with Crippen LogP contribution in [0, 0.1) is 0 Å². The van der Waals surface area contributed by atoms with E-state index < -0.39 is 27.1 Å². The molecular weight excluding hydrogens is 379 g/mol. The van der Waals surface area contributed by atoms with Gasteiger partial charge in [0.05, 0.1) is 21.8 Å². The fourth-order valence-corrected chi connectivity index (χ4v) is 4.26. The van der Waals surface area contributed by atoms with Crippen molar-refractivity contribution in [1.82, 2.24) is 15.0 Å². The molecule has 0 atom stereocenters. The van der Waals surface area contributed by atoms with E-state index in [1.807, 2.05) is 0 Å². The zero-order chi connectivity index (χ0) is 18.4. The van der Waals surface area contributed by atoms with E-state index in [1.54, 1.807) is 0 Å². The highest BCUT2D eigenvalue weighted by molar-refractivity contribution is 7.91. The summed E-state index contributed by atoms with van der Waals surface area (Å²) in [7, 11) is -3.72. The third-order valence-corrected chi connectivity index (χ3v) is 6.19. The number of fused-ring (bicyclic) bond motifs is 1. The molecule has 3 rings (SSSR count). The van der Waals surface area contributed by atoms with E-state index in [1.165, 1.54) is 19.2 Å². The topological polar surface area (TPSA) is 92.8 Å². The number of H-pyrrole nitrogens is 1. The molecule has 6 nitrogen and oxygen atoms in total. The summed E-state index contributed by atoms with van der Waals surface area (Å²) in [6, 6.07) is 2.05. The maximum Gasteiger partial charge on any atom is 0.417 e. The van der Waals surface area contributed by atoms with Crippen LogP contribution in [0.4, 0.5) is 13.2 Å². The number of sulfone groups is 1. The average Bonchev–Trinajstić information content (AvgIpc) is 2.96. The Hall–Kier alpha value is -2.27. The number of alkyl halides is 3. The molecule has 0 saturated carbocycles. The van der Waals surface area contributed by atoms with Crippen LogP contribution in [-0.2, 0) is 16.0 Å². The van der Waals surface area contributed by atoms with Crippen molar-refractivity contribution in [3.05, 3.63) is 40.4 Å². The van der Waals surface area contributed by atoms with Gasteiger partial charge in [0.15, 0.2) is 9.84 Å². The first-order chi connectivity index (χ1) is 11.6. The number of thiazole rings is 1. The molecule has 0 bridgehead atoms. The molecule has 0 unspecified atom stereocenters. The molecule has 0 saturated heterocycles. The highest BCUT2D eigenvalue weighted by Crippen LogP contribution is 2.34. The normalized spacial score (nSPS) is 12.6. The number of halogens is 3. The summed E-state index contributed by atoms with van der Waals surface area (Å²) in [5, 5.41) is -0.00398. The predicted octanol–water partition coefficient (Wildman–Crippen LogP) is 2.86. The summed E-state index contributed by atoms with van der Waals surface area (Å²) in [6.07, 6.45) is -2.71. The van der Waals surface area contributed by atoms with Gasteiger partial charge in [0.2, 0.25) is 0 Å². The number of aromatic amines is 1. The number of hydrogen-bond acceptors (Lipinski definition) is 6. The summed E-state index contributed by atoms with van der Waals surface area (Å²) in [4.78, 5) is 22.2. The van der Waals surface area contributed by atoms with Crippen LogP contribution in [0.3, 0.4) is 0 Å². The molecule has 0 fully saturated rings. The lowest BCUT2D eigenvalue weighted by Crippen LogP contribution is -2.15. The number of nitrogens with zero attached hydrogens (tertiary/aromatic N) is 2. The van der Waals surface area contributed by atoms with Gasteiger partial charge in [0, 0.05) is 12.4 Å². The van der Waals surface area contributed by atoms with Crippen molar-refractivity contribution in [2.45, 2.75) is 18.0 Å². The molecule has 0 aliphatic rings. The Bertz CT molecular complexity index is 1120. The molecule has 0 aromatic carbocycles. The summed E-state index contributed by atoms with van der Waals surface area (Å²) < 4.78 is 62.7. The fourth-order valence-electron chi connectivity index (χ4n) is 2.16. The van der Waals surface area contributed by atoms with Gasteiger partial charge in [-0.05, 0) is 12.1 Å². The van der Waals surface area contributed by atoms with Gasteiger partial charge in [-0.15, -0.1) is 0 Å². The maximum atomic E-state index is 12.8. The second kappa shape index (κ2) is 5.92. The molecule has 1 N–H and O–H groups in total. The van der Waals surface area contributed by atoms with Crippen LogP contribution < -0.4 is 5.56 Å². The quantitative estimate of drug-likeness (QED) is 0.744. The Labute approximate surface area is 143 Å². The minimum Gasteiger partial charge on any atom is -0.328 e. The molecule has 3 aromatic rings. The molecule has 3 heterocycles.